The molecule has 4 unspecified atom stereocenters. The van der Waals surface area contributed by atoms with Crippen LogP contribution in [-0.4, -0.2) is 142 Å². The quantitative estimate of drug-likeness (QED) is 0.00975. The molecule has 8 aromatic rings. The van der Waals surface area contributed by atoms with Crippen molar-refractivity contribution in [3.63, 3.8) is 0 Å². The van der Waals surface area contributed by atoms with Crippen LogP contribution in [0.2, 0.25) is 0 Å². The highest BCUT2D eigenvalue weighted by Crippen LogP contribution is 2.53. The van der Waals surface area contributed by atoms with Gasteiger partial charge < -0.3 is 26.8 Å². The maximum Gasteiger partial charge on any atom is 0.450 e. The van der Waals surface area contributed by atoms with Gasteiger partial charge in [-0.3, -0.25) is 19.3 Å². The predicted octanol–water partition coefficient (Wildman–Crippen LogP) is 18.1. The maximum atomic E-state index is 13.6. The summed E-state index contributed by atoms with van der Waals surface area (Å²) in [7, 11) is -30.2. The minimum atomic E-state index is -7.33. The summed E-state index contributed by atoms with van der Waals surface area (Å²) in [6.07, 6.45) is 6.74. The Balaban J connectivity index is 0.000000527. The molecule has 720 valence electrons. The predicted molar refractivity (Wildman–Crippen MR) is 475 cm³/mol. The van der Waals surface area contributed by atoms with E-state index in [-0.39, 0.29) is 91.1 Å². The molecule has 0 saturated carbocycles. The highest BCUT2D eigenvalue weighted by molar-refractivity contribution is 7.98. The number of nitrogens with zero attached hydrogens (tertiary/aromatic N) is 1. The molecule has 129 heavy (non-hydrogen) atoms. The van der Waals surface area contributed by atoms with Gasteiger partial charge in [-0.2, -0.15) is 69.5 Å². The van der Waals surface area contributed by atoms with Crippen LogP contribution in [0, 0.1) is 19.0 Å². The van der Waals surface area contributed by atoms with E-state index in [1.807, 2.05) is 44.2 Å². The SMILES string of the molecule is C.C.C.C.CC(C)(C)c1ccc([I+]c2ccc(C(C)(C)C)cc2)cc1.CC1C(=O)N(c2ccc(S(=O)(=O)[O-])cc2)C(=O)C1C.CCC(C)c1ccc(OS(=O)(=O)C(F)(F)C(F)(F)C(F)(F)S(=O)(=O)[O-])cc1.CCC(C)c1ccc(OS(=O)(=O)C(F)(F)C(F)(F)C(F)(F)S(=O)(=O)[O-])cc1.COc1ccc([S+]2CCCC2)c2ccccc12.O=C(C[S+]1CCCC1)c1ccccc1. The molecule has 3 fully saturated rings. The Bertz CT molecular complexity index is 5370. The fraction of sp³-hybridized carbons (Fsp3) is 0.449. The van der Waals surface area contributed by atoms with Gasteiger partial charge in [0.05, 0.1) is 17.7 Å². The van der Waals surface area contributed by atoms with Gasteiger partial charge in [0.2, 0.25) is 17.6 Å². The molecular formula is C89H112F12INO19S7. The van der Waals surface area contributed by atoms with Gasteiger partial charge in [-0.25, -0.2) is 25.3 Å². The molecule has 3 saturated heterocycles. The summed E-state index contributed by atoms with van der Waals surface area (Å²) < 4.78 is 315. The fourth-order valence-electron chi connectivity index (χ4n) is 11.9. The van der Waals surface area contributed by atoms with Crippen LogP contribution in [0.4, 0.5) is 58.4 Å². The molecule has 8 aromatic carbocycles. The molecule has 3 heterocycles. The largest absolute Gasteiger partial charge is 0.744 e. The minimum Gasteiger partial charge on any atom is -0.744 e. The summed E-state index contributed by atoms with van der Waals surface area (Å²) in [6.45, 7) is 24.1. The summed E-state index contributed by atoms with van der Waals surface area (Å²) in [5.41, 5.74) is 5.70. The molecule has 4 atom stereocenters. The Morgan fingerprint density at radius 2 is 0.814 bits per heavy atom. The standard InChI is InChI=1S/C20H26I.C15H17OS.2C13H14F6O6S2.C12H13NO5S.C12H15OS.4CH4/c1-19(2,3)15-7-11-17(12-8-15)21-18-13-9-16(10-14-18)20(4,5)6;1-16-14-8-9-15(17-10-4-5-11-17)13-7-3-2-6-12(13)14;2*1-3-8(2)9-4-6-10(7-5-9)25-27(23,24)13(18,19)11(14,15)12(16,17)26(20,21)22;1-7-8(2)12(15)13(11(7)14)9-3-5-10(6-4-9)19(16,17)18;13-12(10-14-8-4-5-9-14)11-6-2-1-3-7-11;;;;/h7-14H,1-6H3;2-3,6-9H,4-5,10-11H2,1H3;2*4-8H,3H2,1-2H3,(H,20,21,22);3-8H,1-2H3,(H,16,17,18);1-3,6-7H,4-5,8-10H2;4*1H4/q2*+1;;;;+1;;;;/p-3. The Kier molecular flexibility index (Phi) is 42.7. The van der Waals surface area contributed by atoms with Crippen molar-refractivity contribution in [3.8, 4) is 17.2 Å². The van der Waals surface area contributed by atoms with Crippen molar-refractivity contribution in [3.05, 3.63) is 223 Å². The monoisotopic (exact) mass is 2080 g/mol. The number of imide groups is 1. The van der Waals surface area contributed by atoms with Gasteiger partial charge in [0.15, 0.2) is 38.0 Å². The molecule has 40 heteroatoms. The number of hydrogen-bond donors (Lipinski definition) is 0. The zero-order valence-electron chi connectivity index (χ0n) is 70.0. The molecule has 0 aromatic heterocycles. The Morgan fingerprint density at radius 1 is 0.465 bits per heavy atom. The van der Waals surface area contributed by atoms with E-state index in [2.05, 4.69) is 135 Å². The lowest BCUT2D eigenvalue weighted by molar-refractivity contribution is -0.597. The van der Waals surface area contributed by atoms with Crippen LogP contribution in [0.1, 0.15) is 196 Å². The number of fused-ring (bicyclic) bond motifs is 1. The van der Waals surface area contributed by atoms with E-state index in [4.69, 9.17) is 4.74 Å². The van der Waals surface area contributed by atoms with E-state index in [0.717, 1.165) is 58.4 Å². The number of hydrogen-bond acceptors (Lipinski definition) is 19. The number of carbonyl (C=O) groups is 3. The second kappa shape index (κ2) is 46.9. The van der Waals surface area contributed by atoms with Crippen molar-refractivity contribution in [2.24, 2.45) is 11.8 Å². The number of halogens is 13. The highest BCUT2D eigenvalue weighted by Gasteiger charge is 2.82. The van der Waals surface area contributed by atoms with Gasteiger partial charge >= 0.3 is 74.3 Å². The van der Waals surface area contributed by atoms with Crippen LogP contribution in [0.15, 0.2) is 198 Å². The van der Waals surface area contributed by atoms with Gasteiger partial charge in [0.1, 0.15) is 50.4 Å². The topological polar surface area (TPSA) is 322 Å². The molecule has 20 nitrogen and oxygen atoms in total. The van der Waals surface area contributed by atoms with E-state index < -0.39 is 112 Å². The highest BCUT2D eigenvalue weighted by atomic mass is 127. The van der Waals surface area contributed by atoms with Crippen LogP contribution in [0.25, 0.3) is 10.8 Å². The average molecular weight is 2080 g/mol. The third-order valence-corrected chi connectivity index (χ3v) is 33.0. The van der Waals surface area contributed by atoms with Crippen LogP contribution in [0.3, 0.4) is 0 Å². The zero-order valence-corrected chi connectivity index (χ0v) is 77.8. The molecule has 0 bridgehead atoms. The second-order valence-corrected chi connectivity index (χ2v) is 46.2. The summed E-state index contributed by atoms with van der Waals surface area (Å²) in [5.74, 6) is -10.1. The number of carbonyl (C=O) groups excluding carboxylic acids is 3. The summed E-state index contributed by atoms with van der Waals surface area (Å²) in [6, 6.07) is 54.0. The van der Waals surface area contributed by atoms with E-state index in [1.54, 1.807) is 39.7 Å². The normalized spacial score (nSPS) is 16.1. The first-order valence-electron chi connectivity index (χ1n) is 38.5. The Morgan fingerprint density at radius 3 is 1.15 bits per heavy atom. The summed E-state index contributed by atoms with van der Waals surface area (Å²) >= 11 is -0.0703. The molecular weight excluding hydrogens is 1970 g/mol. The van der Waals surface area contributed by atoms with Gasteiger partial charge in [-0.05, 0) is 185 Å². The van der Waals surface area contributed by atoms with Crippen molar-refractivity contribution < 1.29 is 157 Å². The van der Waals surface area contributed by atoms with Crippen molar-refractivity contribution >= 4 is 106 Å². The molecule has 11 rings (SSSR count). The van der Waals surface area contributed by atoms with E-state index in [9.17, 15) is 123 Å². The van der Waals surface area contributed by atoms with Gasteiger partial charge in [0.25, 0.3) is 0 Å². The molecule has 3 aliphatic heterocycles. The average Bonchev–Trinajstić information content (AvgIpc) is 1.15. The number of methoxy groups -OCH3 is 1. The van der Waals surface area contributed by atoms with Crippen LogP contribution in [0.5, 0.6) is 17.2 Å². The fourth-order valence-corrected chi connectivity index (χ4v) is 22.1. The van der Waals surface area contributed by atoms with Gasteiger partial charge in [0, 0.05) is 39.1 Å². The smallest absolute Gasteiger partial charge is 0.450 e. The molecule has 0 N–H and O–H groups in total. The number of alkyl halides is 12. The number of Topliss-reactive ketones (excluding diaryl/α,β-unsaturated/α-hetero) is 1. The van der Waals surface area contributed by atoms with E-state index in [1.165, 1.54) is 114 Å². The number of ketones is 1. The van der Waals surface area contributed by atoms with Crippen molar-refractivity contribution in [1.29, 1.82) is 0 Å². The molecule has 0 radical (unpaired) electrons. The molecule has 2 amide bonds. The number of anilines is 1. The van der Waals surface area contributed by atoms with Gasteiger partial charge in [-0.1, -0.05) is 210 Å². The van der Waals surface area contributed by atoms with Crippen molar-refractivity contribution in [1.82, 2.24) is 0 Å². The number of amides is 2. The summed E-state index contributed by atoms with van der Waals surface area (Å²) in [5, 5.41) is -24.7. The molecule has 0 spiro atoms. The van der Waals surface area contributed by atoms with E-state index in [0.29, 0.717) is 51.5 Å². The Hall–Kier alpha value is -7.55. The lowest BCUT2D eigenvalue weighted by atomic mass is 9.87. The number of rotatable bonds is 25. The van der Waals surface area contributed by atoms with Crippen LogP contribution < -0.4 is 39.2 Å². The first kappa shape index (κ1) is 118. The number of ether oxygens (including phenoxy) is 1. The number of benzene rings is 8. The van der Waals surface area contributed by atoms with E-state index >= 15 is 0 Å². The maximum absolute atomic E-state index is 13.6. The minimum absolute atomic E-state index is 0. The Labute approximate surface area is 767 Å². The van der Waals surface area contributed by atoms with Crippen LogP contribution in [-0.2, 0) is 92.8 Å². The van der Waals surface area contributed by atoms with Crippen LogP contribution >= 0.6 is 0 Å². The van der Waals surface area contributed by atoms with Crippen molar-refractivity contribution in [2.75, 3.05) is 40.8 Å². The lowest BCUT2D eigenvalue weighted by Crippen LogP contribution is -3.61. The first-order valence-corrected chi connectivity index (χ1v) is 51.0. The molecule has 0 aliphatic carbocycles. The first-order chi connectivity index (χ1) is 57.5. The lowest BCUT2D eigenvalue weighted by Gasteiger charge is -2.32. The van der Waals surface area contributed by atoms with Crippen molar-refractivity contribution in [2.45, 2.75) is 217 Å². The zero-order chi connectivity index (χ0) is 94.5. The molecule has 3 aliphatic rings. The third kappa shape index (κ3) is 28.7. The third-order valence-electron chi connectivity index (χ3n) is 20.2. The van der Waals surface area contributed by atoms with Gasteiger partial charge in [-0.15, -0.1) is 0 Å². The summed E-state index contributed by atoms with van der Waals surface area (Å²) in [4.78, 5) is 37.8. The second-order valence-electron chi connectivity index (χ2n) is 31.2.